The molecule has 71 valence electrons. The van der Waals surface area contributed by atoms with Crippen LogP contribution in [-0.4, -0.2) is 9.78 Å². The van der Waals surface area contributed by atoms with E-state index >= 15 is 0 Å². The lowest BCUT2D eigenvalue weighted by atomic mass is 10.1. The van der Waals surface area contributed by atoms with Crippen molar-refractivity contribution in [2.45, 2.75) is 13.0 Å². The van der Waals surface area contributed by atoms with E-state index < -0.39 is 0 Å². The molecule has 0 spiro atoms. The second kappa shape index (κ2) is 4.29. The Morgan fingerprint density at radius 2 is 2.36 bits per heavy atom. The maximum atomic E-state index is 5.88. The van der Waals surface area contributed by atoms with E-state index in [0.29, 0.717) is 0 Å². The molecule has 3 heteroatoms. The second-order valence-electron chi connectivity index (χ2n) is 3.08. The Bertz CT molecular complexity index is 395. The average Bonchev–Trinajstić information content (AvgIpc) is 2.67. The average molecular weight is 206 g/mol. The molecule has 2 rings (SSSR count). The molecule has 0 aliphatic carbocycles. The quantitative estimate of drug-likeness (QED) is 0.753. The maximum Gasteiger partial charge on any atom is 0.0569 e. The van der Waals surface area contributed by atoms with E-state index in [2.05, 4.69) is 17.2 Å². The molecule has 0 unspecified atom stereocenters. The summed E-state index contributed by atoms with van der Waals surface area (Å²) >= 11 is 5.88. The second-order valence-corrected chi connectivity index (χ2v) is 3.52. The van der Waals surface area contributed by atoms with Crippen molar-refractivity contribution < 1.29 is 0 Å². The highest BCUT2D eigenvalue weighted by molar-refractivity contribution is 6.30. The summed E-state index contributed by atoms with van der Waals surface area (Å²) in [5.41, 5.74) is 1.23. The molecule has 1 aromatic carbocycles. The van der Waals surface area contributed by atoms with Gasteiger partial charge < -0.3 is 0 Å². The molecule has 0 N–H and O–H groups in total. The molecule has 0 amide bonds. The molecule has 1 aromatic heterocycles. The minimum atomic E-state index is 0.787. The third kappa shape index (κ3) is 2.36. The van der Waals surface area contributed by atoms with Crippen molar-refractivity contribution in [1.29, 1.82) is 0 Å². The number of nitrogens with zero attached hydrogens (tertiary/aromatic N) is 2. The highest BCUT2D eigenvalue weighted by atomic mass is 35.5. The minimum absolute atomic E-state index is 0.787. The zero-order valence-corrected chi connectivity index (χ0v) is 8.41. The van der Waals surface area contributed by atoms with Crippen LogP contribution in [0.4, 0.5) is 0 Å². The summed E-state index contributed by atoms with van der Waals surface area (Å²) in [6.07, 6.45) is 4.44. The molecule has 2 aromatic rings. The first-order valence-electron chi connectivity index (χ1n) is 4.47. The van der Waals surface area contributed by atoms with Crippen LogP contribution in [0.3, 0.4) is 0 Å². The molecular weight excluding hydrogens is 196 g/mol. The summed E-state index contributed by atoms with van der Waals surface area (Å²) in [5.74, 6) is 0. The third-order valence-electron chi connectivity index (χ3n) is 2.02. The molecule has 2 nitrogen and oxygen atoms in total. The largest absolute Gasteiger partial charge is 0.272 e. The van der Waals surface area contributed by atoms with Gasteiger partial charge in [0.2, 0.25) is 0 Å². The Labute approximate surface area is 88.1 Å². The first-order chi connectivity index (χ1) is 6.84. The van der Waals surface area contributed by atoms with Crippen molar-refractivity contribution in [3.63, 3.8) is 0 Å². The Hall–Kier alpha value is -1.28. The fourth-order valence-corrected chi connectivity index (χ4v) is 1.53. The normalized spacial score (nSPS) is 10.4. The van der Waals surface area contributed by atoms with Gasteiger partial charge >= 0.3 is 0 Å². The summed E-state index contributed by atoms with van der Waals surface area (Å²) in [6.45, 7) is 0.865. The number of hydrogen-bond donors (Lipinski definition) is 0. The summed E-state index contributed by atoms with van der Waals surface area (Å²) in [7, 11) is 0. The van der Waals surface area contributed by atoms with Gasteiger partial charge in [-0.25, -0.2) is 0 Å². The van der Waals surface area contributed by atoms with Crippen LogP contribution < -0.4 is 0 Å². The van der Waals surface area contributed by atoms with Crippen LogP contribution in [0.25, 0.3) is 0 Å². The SMILES string of the molecule is Clc1cccc(CCn2c[c]cn2)c1. The Kier molecular flexibility index (Phi) is 2.84. The lowest BCUT2D eigenvalue weighted by molar-refractivity contribution is 0.615. The van der Waals surface area contributed by atoms with Crippen molar-refractivity contribution in [2.75, 3.05) is 0 Å². The Balaban J connectivity index is 1.98. The van der Waals surface area contributed by atoms with Crippen LogP contribution in [0.1, 0.15) is 5.56 Å². The van der Waals surface area contributed by atoms with Crippen LogP contribution in [0, 0.1) is 6.07 Å². The molecule has 0 saturated heterocycles. The first kappa shape index (κ1) is 9.28. The van der Waals surface area contributed by atoms with Crippen LogP contribution in [0.2, 0.25) is 5.02 Å². The lowest BCUT2D eigenvalue weighted by Crippen LogP contribution is -2.01. The number of hydrogen-bond acceptors (Lipinski definition) is 1. The van der Waals surface area contributed by atoms with E-state index in [-0.39, 0.29) is 0 Å². The van der Waals surface area contributed by atoms with Crippen LogP contribution in [0.15, 0.2) is 36.7 Å². The summed E-state index contributed by atoms with van der Waals surface area (Å²) in [4.78, 5) is 0. The fourth-order valence-electron chi connectivity index (χ4n) is 1.32. The van der Waals surface area contributed by atoms with Crippen molar-refractivity contribution in [1.82, 2.24) is 9.78 Å². The molecule has 0 aliphatic heterocycles. The highest BCUT2D eigenvalue weighted by Gasteiger charge is 1.95. The van der Waals surface area contributed by atoms with Crippen molar-refractivity contribution in [2.24, 2.45) is 0 Å². The van der Waals surface area contributed by atoms with Gasteiger partial charge in [0.1, 0.15) is 0 Å². The van der Waals surface area contributed by atoms with Gasteiger partial charge in [-0.1, -0.05) is 23.7 Å². The van der Waals surface area contributed by atoms with Crippen LogP contribution in [-0.2, 0) is 13.0 Å². The molecular formula is C11H10ClN2. The monoisotopic (exact) mass is 205 g/mol. The molecule has 0 saturated carbocycles. The number of benzene rings is 1. The molecule has 0 fully saturated rings. The van der Waals surface area contributed by atoms with Gasteiger partial charge in [-0.15, -0.1) is 0 Å². The Morgan fingerprint density at radius 3 is 3.07 bits per heavy atom. The number of aromatic nitrogens is 2. The van der Waals surface area contributed by atoms with Gasteiger partial charge in [0.15, 0.2) is 0 Å². The van der Waals surface area contributed by atoms with Crippen LogP contribution in [0.5, 0.6) is 0 Å². The summed E-state index contributed by atoms with van der Waals surface area (Å²) in [6, 6.07) is 10.8. The zero-order chi connectivity index (χ0) is 9.80. The highest BCUT2D eigenvalue weighted by Crippen LogP contribution is 2.11. The van der Waals surface area contributed by atoms with Gasteiger partial charge in [-0.05, 0) is 24.1 Å². The smallest absolute Gasteiger partial charge is 0.0569 e. The maximum absolute atomic E-state index is 5.88. The first-order valence-corrected chi connectivity index (χ1v) is 4.85. The van der Waals surface area contributed by atoms with E-state index in [4.69, 9.17) is 11.6 Å². The van der Waals surface area contributed by atoms with Crippen molar-refractivity contribution >= 4 is 11.6 Å². The molecule has 14 heavy (non-hydrogen) atoms. The lowest BCUT2D eigenvalue weighted by Gasteiger charge is -2.02. The molecule has 1 radical (unpaired) electrons. The van der Waals surface area contributed by atoms with Gasteiger partial charge in [0, 0.05) is 23.8 Å². The minimum Gasteiger partial charge on any atom is -0.272 e. The van der Waals surface area contributed by atoms with E-state index in [1.807, 2.05) is 29.1 Å². The van der Waals surface area contributed by atoms with Crippen molar-refractivity contribution in [3.8, 4) is 0 Å². The molecule has 1 heterocycles. The third-order valence-corrected chi connectivity index (χ3v) is 2.26. The number of halogens is 1. The van der Waals surface area contributed by atoms with Crippen molar-refractivity contribution in [3.05, 3.63) is 53.3 Å². The summed E-state index contributed by atoms with van der Waals surface area (Å²) in [5, 5.41) is 4.87. The van der Waals surface area contributed by atoms with Gasteiger partial charge in [-0.3, -0.25) is 4.68 Å². The van der Waals surface area contributed by atoms with E-state index in [1.54, 1.807) is 6.20 Å². The number of rotatable bonds is 3. The molecule has 0 aliphatic rings. The van der Waals surface area contributed by atoms with Gasteiger partial charge in [0.05, 0.1) is 6.20 Å². The zero-order valence-electron chi connectivity index (χ0n) is 7.65. The predicted molar refractivity (Wildman–Crippen MR) is 56.2 cm³/mol. The molecule has 0 atom stereocenters. The van der Waals surface area contributed by atoms with E-state index in [1.165, 1.54) is 5.56 Å². The topological polar surface area (TPSA) is 17.8 Å². The molecule has 0 bridgehead atoms. The Morgan fingerprint density at radius 1 is 1.43 bits per heavy atom. The van der Waals surface area contributed by atoms with Gasteiger partial charge in [-0.2, -0.15) is 5.10 Å². The number of aryl methyl sites for hydroxylation is 2. The fraction of sp³-hybridized carbons (Fsp3) is 0.182. The van der Waals surface area contributed by atoms with E-state index in [9.17, 15) is 0 Å². The standard InChI is InChI=1S/C11H10ClN2/c12-11-4-1-3-10(9-11)5-8-14-7-2-6-13-14/h1,3-4,6-7,9H,5,8H2. The van der Waals surface area contributed by atoms with E-state index in [0.717, 1.165) is 18.0 Å². The van der Waals surface area contributed by atoms with Gasteiger partial charge in [0.25, 0.3) is 0 Å². The summed E-state index contributed by atoms with van der Waals surface area (Å²) < 4.78 is 1.86. The predicted octanol–water partition coefficient (Wildman–Crippen LogP) is 2.58. The van der Waals surface area contributed by atoms with Crippen LogP contribution >= 0.6 is 11.6 Å².